The monoisotopic (exact) mass is 289 g/mol. The highest BCUT2D eigenvalue weighted by Gasteiger charge is 2.20. The van der Waals surface area contributed by atoms with Crippen molar-refractivity contribution in [2.24, 2.45) is 5.92 Å². The fraction of sp³-hybridized carbons (Fsp3) is 0.500. The molecule has 5 nitrogen and oxygen atoms in total. The number of likely N-dealkylation sites (tertiary alicyclic amines) is 1. The zero-order valence-electron chi connectivity index (χ0n) is 12.7. The maximum Gasteiger partial charge on any atom is 0.321 e. The Morgan fingerprint density at radius 3 is 2.38 bits per heavy atom. The Morgan fingerprint density at radius 1 is 1.19 bits per heavy atom. The Kier molecular flexibility index (Phi) is 5.20. The summed E-state index contributed by atoms with van der Waals surface area (Å²) in [5, 5.41) is 5.68. The number of carbonyl (C=O) groups excluding carboxylic acids is 2. The molecule has 1 fully saturated rings. The summed E-state index contributed by atoms with van der Waals surface area (Å²) >= 11 is 0. The van der Waals surface area contributed by atoms with Crippen LogP contribution in [0.3, 0.4) is 0 Å². The summed E-state index contributed by atoms with van der Waals surface area (Å²) in [6, 6.07) is 7.14. The minimum atomic E-state index is -0.0492. The number of urea groups is 1. The molecule has 0 spiro atoms. The van der Waals surface area contributed by atoms with Gasteiger partial charge in [0.2, 0.25) is 5.91 Å². The fourth-order valence-corrected chi connectivity index (χ4v) is 2.46. The Morgan fingerprint density at radius 2 is 1.81 bits per heavy atom. The number of nitrogens with zero attached hydrogens (tertiary/aromatic N) is 1. The third kappa shape index (κ3) is 4.48. The zero-order valence-corrected chi connectivity index (χ0v) is 12.7. The molecule has 1 heterocycles. The van der Waals surface area contributed by atoms with Gasteiger partial charge in [-0.1, -0.05) is 13.8 Å². The van der Waals surface area contributed by atoms with Crippen molar-refractivity contribution in [3.8, 4) is 0 Å². The third-order valence-electron chi connectivity index (χ3n) is 3.69. The van der Waals surface area contributed by atoms with Crippen LogP contribution in [0.2, 0.25) is 0 Å². The van der Waals surface area contributed by atoms with Crippen LogP contribution >= 0.6 is 0 Å². The number of hydrogen-bond donors (Lipinski definition) is 2. The largest absolute Gasteiger partial charge is 0.326 e. The number of piperidine rings is 1. The molecule has 1 aliphatic rings. The summed E-state index contributed by atoms with van der Waals surface area (Å²) < 4.78 is 0. The van der Waals surface area contributed by atoms with Gasteiger partial charge < -0.3 is 15.5 Å². The molecule has 1 aliphatic heterocycles. The van der Waals surface area contributed by atoms with Crippen molar-refractivity contribution in [1.82, 2.24) is 4.90 Å². The van der Waals surface area contributed by atoms with Gasteiger partial charge in [-0.3, -0.25) is 4.79 Å². The minimum absolute atomic E-state index is 0.0194. The van der Waals surface area contributed by atoms with Crippen LogP contribution in [-0.4, -0.2) is 29.9 Å². The molecule has 1 atom stereocenters. The van der Waals surface area contributed by atoms with E-state index in [1.165, 1.54) is 6.42 Å². The Labute approximate surface area is 125 Å². The van der Waals surface area contributed by atoms with E-state index >= 15 is 0 Å². The first-order valence-corrected chi connectivity index (χ1v) is 7.54. The van der Waals surface area contributed by atoms with E-state index in [9.17, 15) is 9.59 Å². The maximum absolute atomic E-state index is 12.2. The molecule has 1 aromatic rings. The van der Waals surface area contributed by atoms with E-state index in [2.05, 4.69) is 17.6 Å². The summed E-state index contributed by atoms with van der Waals surface area (Å²) in [5.74, 6) is 0.547. The van der Waals surface area contributed by atoms with Crippen LogP contribution in [-0.2, 0) is 4.79 Å². The first kappa shape index (κ1) is 15.4. The lowest BCUT2D eigenvalue weighted by Gasteiger charge is -2.30. The average Bonchev–Trinajstić information content (AvgIpc) is 2.49. The zero-order chi connectivity index (χ0) is 15.2. The molecule has 0 aromatic heterocycles. The number of hydrogen-bond acceptors (Lipinski definition) is 2. The number of nitrogens with one attached hydrogen (secondary N) is 2. The van der Waals surface area contributed by atoms with Gasteiger partial charge in [0.05, 0.1) is 0 Å². The summed E-state index contributed by atoms with van der Waals surface area (Å²) in [6.45, 7) is 5.62. The van der Waals surface area contributed by atoms with E-state index in [0.29, 0.717) is 12.3 Å². The molecule has 1 aromatic carbocycles. The number of benzene rings is 1. The van der Waals surface area contributed by atoms with Gasteiger partial charge in [0, 0.05) is 30.9 Å². The third-order valence-corrected chi connectivity index (χ3v) is 3.69. The van der Waals surface area contributed by atoms with E-state index in [1.807, 2.05) is 11.8 Å². The van der Waals surface area contributed by atoms with Crippen LogP contribution < -0.4 is 10.6 Å². The molecule has 21 heavy (non-hydrogen) atoms. The number of anilines is 2. The van der Waals surface area contributed by atoms with Crippen molar-refractivity contribution in [3.63, 3.8) is 0 Å². The second-order valence-corrected chi connectivity index (χ2v) is 5.60. The Balaban J connectivity index is 1.90. The Hall–Kier alpha value is -2.04. The van der Waals surface area contributed by atoms with Gasteiger partial charge in [0.1, 0.15) is 0 Å². The minimum Gasteiger partial charge on any atom is -0.326 e. The maximum atomic E-state index is 12.2. The predicted molar refractivity (Wildman–Crippen MR) is 84.4 cm³/mol. The van der Waals surface area contributed by atoms with Crippen molar-refractivity contribution in [2.75, 3.05) is 23.7 Å². The van der Waals surface area contributed by atoms with Crippen molar-refractivity contribution in [1.29, 1.82) is 0 Å². The molecule has 0 bridgehead atoms. The van der Waals surface area contributed by atoms with Crippen LogP contribution in [0.15, 0.2) is 24.3 Å². The summed E-state index contributed by atoms with van der Waals surface area (Å²) in [7, 11) is 0. The van der Waals surface area contributed by atoms with Gasteiger partial charge in [0.15, 0.2) is 0 Å². The summed E-state index contributed by atoms with van der Waals surface area (Å²) in [4.78, 5) is 25.3. The molecule has 5 heteroatoms. The molecular weight excluding hydrogens is 266 g/mol. The van der Waals surface area contributed by atoms with Crippen LogP contribution in [0.1, 0.15) is 33.1 Å². The highest BCUT2D eigenvalue weighted by atomic mass is 16.2. The van der Waals surface area contributed by atoms with Crippen LogP contribution in [0.25, 0.3) is 0 Å². The van der Waals surface area contributed by atoms with E-state index in [1.54, 1.807) is 24.3 Å². The summed E-state index contributed by atoms with van der Waals surface area (Å²) in [6.07, 6.45) is 2.71. The van der Waals surface area contributed by atoms with Gasteiger partial charge in [-0.15, -0.1) is 0 Å². The van der Waals surface area contributed by atoms with Crippen LogP contribution in [0.5, 0.6) is 0 Å². The summed E-state index contributed by atoms with van der Waals surface area (Å²) in [5.41, 5.74) is 1.49. The molecule has 0 aliphatic carbocycles. The molecular formula is C16H23N3O2. The standard InChI is InChI=1S/C16H23N3O2/c1-3-15(20)17-13-6-8-14(9-7-13)18-16(21)19-10-4-5-12(2)11-19/h6-9,12H,3-5,10-11H2,1-2H3,(H,17,20)(H,18,21)/t12-/m0/s1. The first-order valence-electron chi connectivity index (χ1n) is 7.54. The second-order valence-electron chi connectivity index (χ2n) is 5.60. The molecule has 1 saturated heterocycles. The lowest BCUT2D eigenvalue weighted by Crippen LogP contribution is -2.41. The predicted octanol–water partition coefficient (Wildman–Crippen LogP) is 3.30. The van der Waals surface area contributed by atoms with Gasteiger partial charge >= 0.3 is 6.03 Å². The van der Waals surface area contributed by atoms with E-state index in [-0.39, 0.29) is 11.9 Å². The van der Waals surface area contributed by atoms with Gasteiger partial charge in [-0.05, 0) is 43.0 Å². The molecule has 114 valence electrons. The van der Waals surface area contributed by atoms with Gasteiger partial charge in [0.25, 0.3) is 0 Å². The van der Waals surface area contributed by atoms with Gasteiger partial charge in [-0.25, -0.2) is 4.79 Å². The topological polar surface area (TPSA) is 61.4 Å². The molecule has 0 radical (unpaired) electrons. The fourth-order valence-electron chi connectivity index (χ4n) is 2.46. The van der Waals surface area contributed by atoms with Crippen LogP contribution in [0.4, 0.5) is 16.2 Å². The van der Waals surface area contributed by atoms with Crippen molar-refractivity contribution in [2.45, 2.75) is 33.1 Å². The second kappa shape index (κ2) is 7.11. The SMILES string of the molecule is CCC(=O)Nc1ccc(NC(=O)N2CCC[C@H](C)C2)cc1. The lowest BCUT2D eigenvalue weighted by atomic mass is 10.0. The van der Waals surface area contributed by atoms with Crippen molar-refractivity contribution >= 4 is 23.3 Å². The van der Waals surface area contributed by atoms with E-state index in [4.69, 9.17) is 0 Å². The molecule has 0 saturated carbocycles. The van der Waals surface area contributed by atoms with Crippen LogP contribution in [0, 0.1) is 5.92 Å². The molecule has 0 unspecified atom stereocenters. The molecule has 3 amide bonds. The lowest BCUT2D eigenvalue weighted by molar-refractivity contribution is -0.115. The first-order chi connectivity index (χ1) is 10.1. The number of carbonyl (C=O) groups is 2. The highest BCUT2D eigenvalue weighted by molar-refractivity contribution is 5.92. The molecule has 2 N–H and O–H groups in total. The normalized spacial score (nSPS) is 18.2. The van der Waals surface area contributed by atoms with Gasteiger partial charge in [-0.2, -0.15) is 0 Å². The Bertz CT molecular complexity index is 499. The van der Waals surface area contributed by atoms with Crippen molar-refractivity contribution < 1.29 is 9.59 Å². The highest BCUT2D eigenvalue weighted by Crippen LogP contribution is 2.18. The van der Waals surface area contributed by atoms with E-state index in [0.717, 1.165) is 30.9 Å². The number of rotatable bonds is 3. The quantitative estimate of drug-likeness (QED) is 0.897. The number of amides is 3. The van der Waals surface area contributed by atoms with E-state index < -0.39 is 0 Å². The van der Waals surface area contributed by atoms with Crippen molar-refractivity contribution in [3.05, 3.63) is 24.3 Å². The smallest absolute Gasteiger partial charge is 0.321 e. The molecule has 2 rings (SSSR count). The average molecular weight is 289 g/mol.